The Bertz CT molecular complexity index is 573. The summed E-state index contributed by atoms with van der Waals surface area (Å²) in [5.74, 6) is -0.0844. The number of hydrogen-bond donors (Lipinski definition) is 3. The van der Waals surface area contributed by atoms with Crippen molar-refractivity contribution in [3.63, 3.8) is 0 Å². The highest BCUT2D eigenvalue weighted by molar-refractivity contribution is 5.90. The fourth-order valence-corrected chi connectivity index (χ4v) is 2.95. The van der Waals surface area contributed by atoms with Crippen LogP contribution in [0.3, 0.4) is 0 Å². The van der Waals surface area contributed by atoms with Crippen molar-refractivity contribution in [3.8, 4) is 0 Å². The van der Waals surface area contributed by atoms with Crippen LogP contribution in [0.4, 0.5) is 0 Å². The molecule has 24 heavy (non-hydrogen) atoms. The Morgan fingerprint density at radius 2 is 1.96 bits per heavy atom. The van der Waals surface area contributed by atoms with Gasteiger partial charge in [0.15, 0.2) is 0 Å². The van der Waals surface area contributed by atoms with Crippen molar-refractivity contribution >= 4 is 11.8 Å². The molecule has 3 N–H and O–H groups in total. The van der Waals surface area contributed by atoms with Gasteiger partial charge in [0.25, 0.3) is 0 Å². The highest BCUT2D eigenvalue weighted by Gasteiger charge is 2.30. The first-order valence-corrected chi connectivity index (χ1v) is 8.95. The molecule has 5 heteroatoms. The Balaban J connectivity index is 2.01. The van der Waals surface area contributed by atoms with Crippen molar-refractivity contribution in [3.05, 3.63) is 35.4 Å². The van der Waals surface area contributed by atoms with Crippen LogP contribution in [-0.4, -0.2) is 30.4 Å². The highest BCUT2D eigenvalue weighted by Crippen LogP contribution is 2.17. The molecule has 0 aromatic heterocycles. The van der Waals surface area contributed by atoms with Crippen LogP contribution in [0.25, 0.3) is 0 Å². The summed E-state index contributed by atoms with van der Waals surface area (Å²) in [6.45, 7) is 7.37. The van der Waals surface area contributed by atoms with Crippen LogP contribution in [0.2, 0.25) is 0 Å². The fraction of sp³-hybridized carbons (Fsp3) is 0.579. The van der Waals surface area contributed by atoms with Crippen molar-refractivity contribution in [2.24, 2.45) is 5.92 Å². The maximum absolute atomic E-state index is 12.7. The third kappa shape index (κ3) is 4.57. The monoisotopic (exact) mass is 331 g/mol. The second-order valence-electron chi connectivity index (χ2n) is 6.57. The molecule has 132 valence electrons. The summed E-state index contributed by atoms with van der Waals surface area (Å²) in [5.41, 5.74) is 2.44. The van der Waals surface area contributed by atoms with Crippen LogP contribution >= 0.6 is 0 Å². The summed E-state index contributed by atoms with van der Waals surface area (Å²) < 4.78 is 0. The molecule has 1 aromatic rings. The maximum atomic E-state index is 12.7. The zero-order valence-electron chi connectivity index (χ0n) is 14.9. The molecule has 0 fully saturated rings. The van der Waals surface area contributed by atoms with E-state index < -0.39 is 6.04 Å². The van der Waals surface area contributed by atoms with Gasteiger partial charge in [-0.15, -0.1) is 0 Å². The average molecular weight is 331 g/mol. The van der Waals surface area contributed by atoms with Gasteiger partial charge in [0.1, 0.15) is 6.04 Å². The molecule has 0 aliphatic carbocycles. The summed E-state index contributed by atoms with van der Waals surface area (Å²) in [6.07, 6.45) is 2.38. The van der Waals surface area contributed by atoms with Gasteiger partial charge in [-0.05, 0) is 29.9 Å². The minimum Gasteiger partial charge on any atom is -0.354 e. The van der Waals surface area contributed by atoms with Crippen LogP contribution in [0.15, 0.2) is 24.3 Å². The van der Waals surface area contributed by atoms with Crippen LogP contribution in [0.1, 0.15) is 44.7 Å². The predicted octanol–water partition coefficient (Wildman–Crippen LogP) is 1.76. The van der Waals surface area contributed by atoms with Crippen LogP contribution in [0, 0.1) is 5.92 Å². The Kier molecular flexibility index (Phi) is 6.79. The van der Waals surface area contributed by atoms with Crippen molar-refractivity contribution < 1.29 is 9.59 Å². The first kappa shape index (κ1) is 18.5. The molecule has 0 saturated heterocycles. The van der Waals surface area contributed by atoms with Crippen molar-refractivity contribution in [2.45, 2.75) is 58.7 Å². The lowest BCUT2D eigenvalue weighted by molar-refractivity contribution is -0.131. The lowest BCUT2D eigenvalue weighted by atomic mass is 9.94. The van der Waals surface area contributed by atoms with Crippen molar-refractivity contribution in [2.75, 3.05) is 6.54 Å². The van der Waals surface area contributed by atoms with Crippen LogP contribution < -0.4 is 16.0 Å². The van der Waals surface area contributed by atoms with E-state index in [4.69, 9.17) is 0 Å². The number of carbonyl (C=O) groups is 2. The van der Waals surface area contributed by atoms with Gasteiger partial charge >= 0.3 is 0 Å². The molecule has 0 spiro atoms. The van der Waals surface area contributed by atoms with Gasteiger partial charge in [-0.2, -0.15) is 0 Å². The molecule has 0 radical (unpaired) electrons. The van der Waals surface area contributed by atoms with Gasteiger partial charge < -0.3 is 16.0 Å². The highest BCUT2D eigenvalue weighted by atomic mass is 16.2. The Labute approximate surface area is 144 Å². The number of rotatable bonds is 7. The zero-order valence-corrected chi connectivity index (χ0v) is 14.9. The fourth-order valence-electron chi connectivity index (χ4n) is 2.95. The van der Waals surface area contributed by atoms with Crippen molar-refractivity contribution in [1.82, 2.24) is 16.0 Å². The summed E-state index contributed by atoms with van der Waals surface area (Å²) >= 11 is 0. The van der Waals surface area contributed by atoms with E-state index in [2.05, 4.69) is 28.1 Å². The Morgan fingerprint density at radius 3 is 2.62 bits per heavy atom. The largest absolute Gasteiger partial charge is 0.354 e. The number of benzene rings is 1. The van der Waals surface area contributed by atoms with E-state index in [1.165, 1.54) is 11.1 Å². The lowest BCUT2D eigenvalue weighted by Gasteiger charge is -2.29. The smallest absolute Gasteiger partial charge is 0.242 e. The second kappa shape index (κ2) is 8.83. The van der Waals surface area contributed by atoms with E-state index in [-0.39, 0.29) is 23.8 Å². The minimum absolute atomic E-state index is 0.0873. The molecule has 2 rings (SSSR count). The molecule has 0 bridgehead atoms. The predicted molar refractivity (Wildman–Crippen MR) is 95.5 cm³/mol. The second-order valence-corrected chi connectivity index (χ2v) is 6.57. The molecule has 1 aromatic carbocycles. The molecule has 1 aliphatic rings. The first-order valence-electron chi connectivity index (χ1n) is 8.95. The summed E-state index contributed by atoms with van der Waals surface area (Å²) in [7, 11) is 0. The quantitative estimate of drug-likeness (QED) is 0.713. The number of carbonyl (C=O) groups excluding carboxylic acids is 2. The SMILES string of the molecule is CCCNC(=O)[C@@H](NC(=O)[C@@H]1Cc2ccccc2CN1)[C@H](C)CC. The van der Waals surface area contributed by atoms with Gasteiger partial charge in [0.05, 0.1) is 6.04 Å². The molecule has 0 unspecified atom stereocenters. The molecule has 0 saturated carbocycles. The summed E-state index contributed by atoms with van der Waals surface area (Å²) in [6, 6.07) is 7.39. The van der Waals surface area contributed by atoms with E-state index in [1.54, 1.807) is 0 Å². The Hall–Kier alpha value is -1.88. The molecule has 1 heterocycles. The van der Waals surface area contributed by atoms with E-state index in [0.717, 1.165) is 12.8 Å². The third-order valence-corrected chi connectivity index (χ3v) is 4.74. The van der Waals surface area contributed by atoms with Gasteiger partial charge in [-0.25, -0.2) is 0 Å². The zero-order chi connectivity index (χ0) is 17.5. The third-order valence-electron chi connectivity index (χ3n) is 4.74. The topological polar surface area (TPSA) is 70.2 Å². The average Bonchev–Trinajstić information content (AvgIpc) is 2.62. The van der Waals surface area contributed by atoms with Crippen LogP contribution in [0.5, 0.6) is 0 Å². The van der Waals surface area contributed by atoms with Gasteiger partial charge in [-0.3, -0.25) is 9.59 Å². The van der Waals surface area contributed by atoms with E-state index in [0.29, 0.717) is 19.5 Å². The number of hydrogen-bond acceptors (Lipinski definition) is 3. The first-order chi connectivity index (χ1) is 11.6. The number of fused-ring (bicyclic) bond motifs is 1. The molecule has 3 atom stereocenters. The summed E-state index contributed by atoms with van der Waals surface area (Å²) in [4.78, 5) is 25.0. The van der Waals surface area contributed by atoms with Gasteiger partial charge in [0.2, 0.25) is 11.8 Å². The molecule has 1 aliphatic heterocycles. The number of amides is 2. The van der Waals surface area contributed by atoms with E-state index in [1.807, 2.05) is 32.9 Å². The molecule has 2 amide bonds. The van der Waals surface area contributed by atoms with E-state index >= 15 is 0 Å². The number of nitrogens with one attached hydrogen (secondary N) is 3. The molecule has 5 nitrogen and oxygen atoms in total. The molecular weight excluding hydrogens is 302 g/mol. The molecular formula is C19H29N3O2. The summed E-state index contributed by atoms with van der Waals surface area (Å²) in [5, 5.41) is 9.14. The van der Waals surface area contributed by atoms with Crippen molar-refractivity contribution in [1.29, 1.82) is 0 Å². The van der Waals surface area contributed by atoms with E-state index in [9.17, 15) is 9.59 Å². The Morgan fingerprint density at radius 1 is 1.25 bits per heavy atom. The standard InChI is InChI=1S/C19H29N3O2/c1-4-10-20-19(24)17(13(3)5-2)22-18(23)16-11-14-8-6-7-9-15(14)12-21-16/h6-9,13,16-17,21H,4-5,10-12H2,1-3H3,(H,20,24)(H,22,23)/t13-,16+,17+/m1/s1. The van der Waals surface area contributed by atoms with Gasteiger partial charge in [0, 0.05) is 13.1 Å². The lowest BCUT2D eigenvalue weighted by Crippen LogP contribution is -2.56. The minimum atomic E-state index is -0.479. The normalized spacial score (nSPS) is 19.0. The van der Waals surface area contributed by atoms with Crippen LogP contribution in [-0.2, 0) is 22.6 Å². The van der Waals surface area contributed by atoms with Gasteiger partial charge in [-0.1, -0.05) is 51.5 Å². The maximum Gasteiger partial charge on any atom is 0.242 e.